The Hall–Kier alpha value is -2.21. The smallest absolute Gasteiger partial charge is 0.200 e. The van der Waals surface area contributed by atoms with E-state index in [0.717, 1.165) is 17.0 Å². The molecule has 0 aliphatic carbocycles. The van der Waals surface area contributed by atoms with E-state index in [1.54, 1.807) is 0 Å². The highest BCUT2D eigenvalue weighted by atomic mass is 32.1. The van der Waals surface area contributed by atoms with Crippen molar-refractivity contribution in [3.05, 3.63) is 46.4 Å². The summed E-state index contributed by atoms with van der Waals surface area (Å²) in [6, 6.07) is 9.82. The lowest BCUT2D eigenvalue weighted by molar-refractivity contribution is 0.399. The number of para-hydroxylation sites is 1. The Morgan fingerprint density at radius 3 is 2.74 bits per heavy atom. The van der Waals surface area contributed by atoms with Crippen LogP contribution in [0.25, 0.3) is 17.2 Å². The first-order chi connectivity index (χ1) is 9.16. The van der Waals surface area contributed by atoms with Crippen LogP contribution in [-0.4, -0.2) is 19.9 Å². The van der Waals surface area contributed by atoms with Gasteiger partial charge in [0.1, 0.15) is 5.76 Å². The fourth-order valence-electron chi connectivity index (χ4n) is 1.98. The second-order valence-electron chi connectivity index (χ2n) is 4.30. The molecule has 0 aliphatic rings. The monoisotopic (exact) mass is 272 g/mol. The van der Waals surface area contributed by atoms with E-state index in [2.05, 4.69) is 15.4 Å². The number of hydrogen-bond donors (Lipinski definition) is 1. The number of nitrogens with one attached hydrogen (secondary N) is 1. The summed E-state index contributed by atoms with van der Waals surface area (Å²) >= 11 is 5.31. The highest BCUT2D eigenvalue weighted by molar-refractivity contribution is 7.71. The van der Waals surface area contributed by atoms with Gasteiger partial charge in [-0.1, -0.05) is 23.4 Å². The number of aryl methyl sites for hydroxylation is 2. The lowest BCUT2D eigenvalue weighted by Gasteiger charge is -2.07. The van der Waals surface area contributed by atoms with Crippen LogP contribution in [-0.2, 0) is 0 Å². The minimum atomic E-state index is 0.532. The number of hydrogen-bond acceptors (Lipinski definition) is 4. The highest BCUT2D eigenvalue weighted by Gasteiger charge is 2.15. The van der Waals surface area contributed by atoms with Gasteiger partial charge in [-0.05, 0) is 37.7 Å². The van der Waals surface area contributed by atoms with E-state index in [0.29, 0.717) is 16.3 Å². The zero-order valence-electron chi connectivity index (χ0n) is 10.5. The Morgan fingerprint density at radius 1 is 1.26 bits per heavy atom. The molecule has 0 spiro atoms. The first kappa shape index (κ1) is 11.9. The predicted octanol–water partition coefficient (Wildman–Crippen LogP) is 3.20. The summed E-state index contributed by atoms with van der Waals surface area (Å²) in [5, 5.41) is 11.0. The molecule has 0 saturated heterocycles. The van der Waals surface area contributed by atoms with Crippen molar-refractivity contribution in [2.45, 2.75) is 13.8 Å². The molecule has 2 aromatic heterocycles. The van der Waals surface area contributed by atoms with Gasteiger partial charge in [0.15, 0.2) is 16.3 Å². The minimum absolute atomic E-state index is 0.532. The Bertz CT molecular complexity index is 784. The van der Waals surface area contributed by atoms with Crippen LogP contribution in [0.15, 0.2) is 34.9 Å². The van der Waals surface area contributed by atoms with Crippen LogP contribution >= 0.6 is 12.2 Å². The maximum absolute atomic E-state index is 5.31. The quantitative estimate of drug-likeness (QED) is 0.728. The molecule has 0 fully saturated rings. The van der Waals surface area contributed by atoms with Crippen molar-refractivity contribution in [2.24, 2.45) is 0 Å². The van der Waals surface area contributed by atoms with Crippen molar-refractivity contribution in [1.82, 2.24) is 19.9 Å². The molecular formula is C13H12N4OS. The van der Waals surface area contributed by atoms with E-state index in [4.69, 9.17) is 16.7 Å². The molecule has 0 aliphatic heterocycles. The zero-order chi connectivity index (χ0) is 13.4. The van der Waals surface area contributed by atoms with E-state index in [9.17, 15) is 0 Å². The fourth-order valence-corrected chi connectivity index (χ4v) is 2.21. The lowest BCUT2D eigenvalue weighted by Crippen LogP contribution is -2.00. The maximum Gasteiger partial charge on any atom is 0.200 e. The SMILES string of the molecule is Cc1cc(-c2n[nH]c(=S)n2-c2ccccc2C)no1. The van der Waals surface area contributed by atoms with Gasteiger partial charge in [0.05, 0.1) is 5.69 Å². The minimum Gasteiger partial charge on any atom is -0.361 e. The van der Waals surface area contributed by atoms with Gasteiger partial charge < -0.3 is 4.52 Å². The fraction of sp³-hybridized carbons (Fsp3) is 0.154. The average Bonchev–Trinajstić information content (AvgIpc) is 2.96. The van der Waals surface area contributed by atoms with Gasteiger partial charge in [-0.25, -0.2) is 0 Å². The second kappa shape index (κ2) is 4.47. The van der Waals surface area contributed by atoms with Gasteiger partial charge in [0.2, 0.25) is 0 Å². The third-order valence-electron chi connectivity index (χ3n) is 2.89. The van der Waals surface area contributed by atoms with Gasteiger partial charge >= 0.3 is 0 Å². The largest absolute Gasteiger partial charge is 0.361 e. The molecule has 2 heterocycles. The average molecular weight is 272 g/mol. The molecule has 3 aromatic rings. The summed E-state index contributed by atoms with van der Waals surface area (Å²) in [4.78, 5) is 0. The molecule has 1 N–H and O–H groups in total. The van der Waals surface area contributed by atoms with Crippen LogP contribution in [0.2, 0.25) is 0 Å². The summed E-state index contributed by atoms with van der Waals surface area (Å²) < 4.78 is 7.49. The van der Waals surface area contributed by atoms with Crippen LogP contribution in [0.1, 0.15) is 11.3 Å². The van der Waals surface area contributed by atoms with E-state index in [1.165, 1.54) is 0 Å². The number of nitrogens with zero attached hydrogens (tertiary/aromatic N) is 3. The van der Waals surface area contributed by atoms with E-state index >= 15 is 0 Å². The highest BCUT2D eigenvalue weighted by Crippen LogP contribution is 2.22. The third-order valence-corrected chi connectivity index (χ3v) is 3.16. The predicted molar refractivity (Wildman–Crippen MR) is 73.7 cm³/mol. The van der Waals surface area contributed by atoms with Crippen molar-refractivity contribution in [3.8, 4) is 17.2 Å². The molecule has 19 heavy (non-hydrogen) atoms. The van der Waals surface area contributed by atoms with Crippen LogP contribution < -0.4 is 0 Å². The van der Waals surface area contributed by atoms with Crippen LogP contribution in [0.4, 0.5) is 0 Å². The van der Waals surface area contributed by atoms with Crippen molar-refractivity contribution in [2.75, 3.05) is 0 Å². The summed E-state index contributed by atoms with van der Waals surface area (Å²) in [5.74, 6) is 1.39. The second-order valence-corrected chi connectivity index (χ2v) is 4.68. The molecule has 3 rings (SSSR count). The first-order valence-electron chi connectivity index (χ1n) is 5.84. The first-order valence-corrected chi connectivity index (χ1v) is 6.25. The number of benzene rings is 1. The van der Waals surface area contributed by atoms with E-state index < -0.39 is 0 Å². The Balaban J connectivity index is 2.25. The molecule has 0 radical (unpaired) electrons. The van der Waals surface area contributed by atoms with Gasteiger partial charge in [-0.2, -0.15) is 5.10 Å². The Labute approximate surface area is 114 Å². The standard InChI is InChI=1S/C13H12N4OS/c1-8-5-3-4-6-11(8)17-12(14-15-13(17)19)10-7-9(2)18-16-10/h3-7H,1-2H3,(H,15,19). The van der Waals surface area contributed by atoms with Gasteiger partial charge in [0, 0.05) is 6.07 Å². The van der Waals surface area contributed by atoms with Crippen LogP contribution in [0.5, 0.6) is 0 Å². The van der Waals surface area contributed by atoms with Gasteiger partial charge in [0.25, 0.3) is 0 Å². The van der Waals surface area contributed by atoms with E-state index in [1.807, 2.05) is 48.7 Å². The molecule has 0 bridgehead atoms. The molecule has 6 heteroatoms. The van der Waals surface area contributed by atoms with Crippen molar-refractivity contribution < 1.29 is 4.52 Å². The summed E-state index contributed by atoms with van der Waals surface area (Å²) in [7, 11) is 0. The molecular weight excluding hydrogens is 260 g/mol. The van der Waals surface area contributed by atoms with Crippen LogP contribution in [0.3, 0.4) is 0 Å². The molecule has 5 nitrogen and oxygen atoms in total. The number of aromatic amines is 1. The van der Waals surface area contributed by atoms with Gasteiger partial charge in [-0.15, -0.1) is 0 Å². The van der Waals surface area contributed by atoms with E-state index in [-0.39, 0.29) is 0 Å². The van der Waals surface area contributed by atoms with Crippen molar-refractivity contribution in [1.29, 1.82) is 0 Å². The third kappa shape index (κ3) is 2.00. The number of aromatic nitrogens is 4. The lowest BCUT2D eigenvalue weighted by atomic mass is 10.2. The molecule has 0 atom stereocenters. The van der Waals surface area contributed by atoms with Gasteiger partial charge in [-0.3, -0.25) is 9.67 Å². The topological polar surface area (TPSA) is 59.6 Å². The normalized spacial score (nSPS) is 10.8. The molecule has 96 valence electrons. The molecule has 1 aromatic carbocycles. The van der Waals surface area contributed by atoms with Crippen molar-refractivity contribution >= 4 is 12.2 Å². The van der Waals surface area contributed by atoms with Crippen molar-refractivity contribution in [3.63, 3.8) is 0 Å². The Kier molecular flexibility index (Phi) is 2.79. The number of H-pyrrole nitrogens is 1. The molecule has 0 saturated carbocycles. The number of rotatable bonds is 2. The molecule has 0 unspecified atom stereocenters. The Morgan fingerprint density at radius 2 is 2.05 bits per heavy atom. The zero-order valence-corrected chi connectivity index (χ0v) is 11.4. The van der Waals surface area contributed by atoms with Crippen LogP contribution in [0, 0.1) is 18.6 Å². The maximum atomic E-state index is 5.31. The molecule has 0 amide bonds. The summed E-state index contributed by atoms with van der Waals surface area (Å²) in [6.45, 7) is 3.87. The summed E-state index contributed by atoms with van der Waals surface area (Å²) in [5.41, 5.74) is 2.76. The summed E-state index contributed by atoms with van der Waals surface area (Å²) in [6.07, 6.45) is 0.